The highest BCUT2D eigenvalue weighted by atomic mass is 16.6. The molecule has 0 aromatic carbocycles. The van der Waals surface area contributed by atoms with Crippen molar-refractivity contribution in [1.29, 1.82) is 0 Å². The van der Waals surface area contributed by atoms with Crippen molar-refractivity contribution in [3.8, 4) is 0 Å². The number of ether oxygens (including phenoxy) is 2. The fourth-order valence-corrected chi connectivity index (χ4v) is 6.20. The summed E-state index contributed by atoms with van der Waals surface area (Å²) in [4.78, 5) is 11.4. The average Bonchev–Trinajstić information content (AvgIpc) is 3.33. The summed E-state index contributed by atoms with van der Waals surface area (Å²) in [6, 6.07) is 0. The van der Waals surface area contributed by atoms with Gasteiger partial charge in [0.25, 0.3) is 0 Å². The van der Waals surface area contributed by atoms with Crippen molar-refractivity contribution in [1.82, 2.24) is 0 Å². The lowest BCUT2D eigenvalue weighted by Crippen LogP contribution is -2.65. The molecule has 2 saturated carbocycles. The van der Waals surface area contributed by atoms with Crippen LogP contribution in [0.1, 0.15) is 52.9 Å². The zero-order valence-corrected chi connectivity index (χ0v) is 15.8. The van der Waals surface area contributed by atoms with Gasteiger partial charge in [0.05, 0.1) is 12.7 Å². The van der Waals surface area contributed by atoms with Crippen molar-refractivity contribution < 1.29 is 29.6 Å². The smallest absolute Gasteiger partial charge is 0.333 e. The van der Waals surface area contributed by atoms with Crippen molar-refractivity contribution in [3.05, 3.63) is 11.6 Å². The second-order valence-electron chi connectivity index (χ2n) is 9.35. The van der Waals surface area contributed by atoms with E-state index in [4.69, 9.17) is 9.47 Å². The van der Waals surface area contributed by atoms with Crippen LogP contribution < -0.4 is 0 Å². The maximum atomic E-state index is 11.4. The zero-order chi connectivity index (χ0) is 18.9. The summed E-state index contributed by atoms with van der Waals surface area (Å²) < 4.78 is 10.6. The molecule has 1 spiro atoms. The van der Waals surface area contributed by atoms with Crippen LogP contribution in [-0.4, -0.2) is 52.0 Å². The van der Waals surface area contributed by atoms with Crippen molar-refractivity contribution >= 4 is 5.97 Å². The van der Waals surface area contributed by atoms with E-state index in [1.165, 1.54) is 6.08 Å². The number of rotatable bonds is 3. The molecule has 6 nitrogen and oxygen atoms in total. The molecule has 3 N–H and O–H groups in total. The molecule has 1 saturated heterocycles. The number of aliphatic hydroxyl groups excluding tert-OH is 3. The first-order valence-electron chi connectivity index (χ1n) is 9.73. The number of esters is 1. The molecule has 2 aliphatic heterocycles. The topological polar surface area (TPSA) is 99.5 Å². The Morgan fingerprint density at radius 3 is 2.54 bits per heavy atom. The Hall–Kier alpha value is -0.950. The van der Waals surface area contributed by atoms with Gasteiger partial charge in [0.15, 0.2) is 0 Å². The zero-order valence-electron chi connectivity index (χ0n) is 15.8. The van der Waals surface area contributed by atoms with E-state index >= 15 is 0 Å². The highest BCUT2D eigenvalue weighted by Crippen LogP contribution is 2.68. The van der Waals surface area contributed by atoms with Gasteiger partial charge in [-0.1, -0.05) is 20.8 Å². The van der Waals surface area contributed by atoms with Crippen LogP contribution >= 0.6 is 0 Å². The average molecular weight is 366 g/mol. The molecule has 0 aromatic heterocycles. The number of cyclic esters (lactones) is 1. The van der Waals surface area contributed by atoms with Crippen molar-refractivity contribution in [2.24, 2.45) is 22.7 Å². The molecule has 0 unspecified atom stereocenters. The highest BCUT2D eigenvalue weighted by molar-refractivity contribution is 5.85. The van der Waals surface area contributed by atoms with Gasteiger partial charge in [-0.3, -0.25) is 0 Å². The monoisotopic (exact) mass is 366 g/mol. The predicted octanol–water partition coefficient (Wildman–Crippen LogP) is 1.52. The number of aliphatic hydroxyl groups is 3. The van der Waals surface area contributed by atoms with E-state index in [1.807, 2.05) is 0 Å². The minimum atomic E-state index is -1.13. The quantitative estimate of drug-likeness (QED) is 0.517. The van der Waals surface area contributed by atoms with Gasteiger partial charge < -0.3 is 24.8 Å². The fourth-order valence-electron chi connectivity index (χ4n) is 6.20. The van der Waals surface area contributed by atoms with Gasteiger partial charge >= 0.3 is 5.97 Å². The maximum Gasteiger partial charge on any atom is 0.333 e. The minimum Gasteiger partial charge on any atom is -0.429 e. The molecule has 6 heteroatoms. The lowest BCUT2D eigenvalue weighted by Gasteiger charge is -2.61. The van der Waals surface area contributed by atoms with Crippen molar-refractivity contribution in [2.75, 3.05) is 6.61 Å². The summed E-state index contributed by atoms with van der Waals surface area (Å²) in [7, 11) is 0. The Kier molecular flexibility index (Phi) is 4.09. The SMILES string of the molecule is C[C@@H]1CC[C@]2(C)[C@H](C[C@H](O)[C@H](O)[C@@]23CO3)[C@@]1(C)CCC1=CC(=O)O[C@@H]1O. The van der Waals surface area contributed by atoms with Crippen molar-refractivity contribution in [2.45, 2.75) is 77.0 Å². The summed E-state index contributed by atoms with van der Waals surface area (Å²) in [6.07, 6.45) is 2.62. The van der Waals surface area contributed by atoms with E-state index in [9.17, 15) is 20.1 Å². The van der Waals surface area contributed by atoms with Gasteiger partial charge in [0, 0.05) is 17.1 Å². The number of carbonyl (C=O) groups is 1. The van der Waals surface area contributed by atoms with Crippen molar-refractivity contribution in [3.63, 3.8) is 0 Å². The van der Waals surface area contributed by atoms with E-state index in [1.54, 1.807) is 0 Å². The van der Waals surface area contributed by atoms with Crippen LogP contribution in [0, 0.1) is 22.7 Å². The fraction of sp³-hybridized carbons (Fsp3) is 0.850. The molecule has 2 aliphatic carbocycles. The van der Waals surface area contributed by atoms with Crippen LogP contribution in [0.3, 0.4) is 0 Å². The Morgan fingerprint density at radius 2 is 1.96 bits per heavy atom. The number of epoxide rings is 1. The third kappa shape index (κ3) is 2.35. The third-order valence-corrected chi connectivity index (χ3v) is 8.33. The number of hydrogen-bond acceptors (Lipinski definition) is 6. The Balaban J connectivity index is 1.62. The Morgan fingerprint density at radius 1 is 1.27 bits per heavy atom. The summed E-state index contributed by atoms with van der Waals surface area (Å²) in [5.74, 6) is 0.158. The minimum absolute atomic E-state index is 0.0841. The van der Waals surface area contributed by atoms with Crippen LogP contribution in [0.15, 0.2) is 11.6 Å². The van der Waals surface area contributed by atoms with Crippen LogP contribution in [-0.2, 0) is 14.3 Å². The van der Waals surface area contributed by atoms with Gasteiger partial charge in [0.1, 0.15) is 11.7 Å². The maximum absolute atomic E-state index is 11.4. The van der Waals surface area contributed by atoms with E-state index in [-0.39, 0.29) is 16.7 Å². The molecule has 146 valence electrons. The van der Waals surface area contributed by atoms with Crippen LogP contribution in [0.2, 0.25) is 0 Å². The van der Waals surface area contributed by atoms with Crippen LogP contribution in [0.25, 0.3) is 0 Å². The predicted molar refractivity (Wildman–Crippen MR) is 92.8 cm³/mol. The third-order valence-electron chi connectivity index (χ3n) is 8.33. The molecular weight excluding hydrogens is 336 g/mol. The molecule has 0 radical (unpaired) electrons. The first-order chi connectivity index (χ1) is 12.1. The van der Waals surface area contributed by atoms with E-state index in [0.717, 1.165) is 19.3 Å². The molecule has 2 heterocycles. The van der Waals surface area contributed by atoms with Gasteiger partial charge in [0.2, 0.25) is 6.29 Å². The van der Waals surface area contributed by atoms with E-state index in [0.29, 0.717) is 30.9 Å². The molecule has 0 aromatic rings. The molecule has 4 rings (SSSR count). The number of carbonyl (C=O) groups excluding carboxylic acids is 1. The second-order valence-corrected chi connectivity index (χ2v) is 9.35. The normalized spacial score (nSPS) is 53.2. The second kappa shape index (κ2) is 5.77. The Bertz CT molecular complexity index is 640. The lowest BCUT2D eigenvalue weighted by atomic mass is 9.43. The molecular formula is C20H30O6. The molecule has 8 atom stereocenters. The van der Waals surface area contributed by atoms with E-state index < -0.39 is 30.1 Å². The first kappa shape index (κ1) is 18.4. The number of fused-ring (bicyclic) bond motifs is 2. The van der Waals surface area contributed by atoms with Gasteiger partial charge in [-0.25, -0.2) is 4.79 Å². The largest absolute Gasteiger partial charge is 0.429 e. The standard InChI is InChI=1S/C20H30O6/c1-11-4-7-19(3)14(9-13(21)16(23)20(19)10-25-20)18(11,2)6-5-12-8-15(22)26-17(12)24/h8,11,13-14,16-17,21,23-24H,4-7,9-10H2,1-3H3/t11-,13+,14-,16+,17+,18+,19-,20+/m1/s1. The molecule has 0 bridgehead atoms. The molecule has 3 fully saturated rings. The van der Waals surface area contributed by atoms with Crippen LogP contribution in [0.5, 0.6) is 0 Å². The Labute approximate surface area is 154 Å². The van der Waals surface area contributed by atoms with Gasteiger partial charge in [-0.2, -0.15) is 0 Å². The summed E-state index contributed by atoms with van der Waals surface area (Å²) >= 11 is 0. The summed E-state index contributed by atoms with van der Waals surface area (Å²) in [6.45, 7) is 7.22. The summed E-state index contributed by atoms with van der Waals surface area (Å²) in [5.41, 5.74) is -0.257. The summed E-state index contributed by atoms with van der Waals surface area (Å²) in [5, 5.41) is 31.0. The van der Waals surface area contributed by atoms with Crippen LogP contribution in [0.4, 0.5) is 0 Å². The molecule has 4 aliphatic rings. The van der Waals surface area contributed by atoms with Gasteiger partial charge in [-0.05, 0) is 49.4 Å². The first-order valence-corrected chi connectivity index (χ1v) is 9.73. The molecule has 0 amide bonds. The van der Waals surface area contributed by atoms with Gasteiger partial charge in [-0.15, -0.1) is 0 Å². The number of hydrogen-bond donors (Lipinski definition) is 3. The highest BCUT2D eigenvalue weighted by Gasteiger charge is 2.73. The lowest BCUT2D eigenvalue weighted by molar-refractivity contribution is -0.197. The van der Waals surface area contributed by atoms with E-state index in [2.05, 4.69) is 20.8 Å². The molecule has 26 heavy (non-hydrogen) atoms.